The van der Waals surface area contributed by atoms with E-state index < -0.39 is 46.3 Å². The fourth-order valence-electron chi connectivity index (χ4n) is 4.98. The molecule has 5 atom stereocenters. The highest BCUT2D eigenvalue weighted by Crippen LogP contribution is 2.35. The monoisotopic (exact) mass is 672 g/mol. The first kappa shape index (κ1) is 34.7. The van der Waals surface area contributed by atoms with Crippen LogP contribution in [0.5, 0.6) is 0 Å². The van der Waals surface area contributed by atoms with Gasteiger partial charge in [0, 0.05) is 0 Å². The molecule has 0 spiro atoms. The summed E-state index contributed by atoms with van der Waals surface area (Å²) in [6.07, 6.45) is -7.02. The molecule has 0 saturated carbocycles. The Labute approximate surface area is 272 Å². The normalized spacial score (nSPS) is 21.8. The molecule has 250 valence electrons. The van der Waals surface area contributed by atoms with E-state index in [4.69, 9.17) is 27.9 Å². The van der Waals surface area contributed by atoms with Gasteiger partial charge in [-0.1, -0.05) is 121 Å². The van der Waals surface area contributed by atoms with Gasteiger partial charge in [-0.25, -0.2) is 0 Å². The van der Waals surface area contributed by atoms with Gasteiger partial charge in [0.25, 0.3) is 0 Å². The third-order valence-electron chi connectivity index (χ3n) is 7.33. The van der Waals surface area contributed by atoms with Gasteiger partial charge in [0.05, 0.1) is 33.0 Å². The Morgan fingerprint density at radius 2 is 0.957 bits per heavy atom. The van der Waals surface area contributed by atoms with E-state index in [-0.39, 0.29) is 33.0 Å². The molecule has 4 aromatic carbocycles. The highest BCUT2D eigenvalue weighted by atomic mass is 32.2. The van der Waals surface area contributed by atoms with Gasteiger partial charge in [0.1, 0.15) is 24.4 Å². The third-order valence-corrected chi connectivity index (χ3v) is 8.38. The largest absolute Gasteiger partial charge is 0.523 e. The van der Waals surface area contributed by atoms with Crippen molar-refractivity contribution in [2.24, 2.45) is 0 Å². The van der Waals surface area contributed by atoms with Gasteiger partial charge in [-0.15, -0.1) is 0 Å². The molecule has 0 amide bonds. The Morgan fingerprint density at radius 3 is 1.40 bits per heavy atom. The molecular weight excluding hydrogens is 637 g/mol. The van der Waals surface area contributed by atoms with Crippen molar-refractivity contribution < 1.29 is 49.5 Å². The first-order valence-electron chi connectivity index (χ1n) is 14.9. The average Bonchev–Trinajstić information content (AvgIpc) is 3.08. The van der Waals surface area contributed by atoms with Gasteiger partial charge in [0.15, 0.2) is 6.29 Å². The molecule has 1 aliphatic rings. The molecule has 12 heteroatoms. The van der Waals surface area contributed by atoms with Crippen molar-refractivity contribution in [1.29, 1.82) is 0 Å². The van der Waals surface area contributed by atoms with E-state index in [1.807, 2.05) is 91.0 Å². The van der Waals surface area contributed by atoms with Crippen molar-refractivity contribution in [3.8, 4) is 0 Å². The highest BCUT2D eigenvalue weighted by Gasteiger charge is 2.55. The Hall–Kier alpha value is -3.62. The standard InChI is InChI=1S/C35H35F3O8S/c36-35(37,38)47(39,40)46-31-30(25-41-21-26-13-5-1-6-14-26)45-34(44-24-29-19-11-4-12-20-29)33(43-23-28-17-9-3-10-18-28)32(31)42-22-27-15-7-2-8-16-27/h1-20,30-34H,21-25H2/t30-,31+,32+,33-,34-/m1/s1. The lowest BCUT2D eigenvalue weighted by molar-refractivity contribution is -0.320. The van der Waals surface area contributed by atoms with Crippen molar-refractivity contribution in [1.82, 2.24) is 0 Å². The number of benzene rings is 4. The summed E-state index contributed by atoms with van der Waals surface area (Å²) in [7, 11) is -6.10. The van der Waals surface area contributed by atoms with Gasteiger partial charge in [-0.05, 0) is 22.3 Å². The van der Waals surface area contributed by atoms with Crippen LogP contribution in [0.2, 0.25) is 0 Å². The molecule has 0 radical (unpaired) electrons. The lowest BCUT2D eigenvalue weighted by Crippen LogP contribution is -2.62. The second-order valence-electron chi connectivity index (χ2n) is 10.8. The number of rotatable bonds is 15. The van der Waals surface area contributed by atoms with Crippen LogP contribution in [0.15, 0.2) is 121 Å². The minimum Gasteiger partial charge on any atom is -0.374 e. The maximum atomic E-state index is 13.7. The lowest BCUT2D eigenvalue weighted by Gasteiger charge is -2.45. The Kier molecular flexibility index (Phi) is 12.2. The maximum absolute atomic E-state index is 13.7. The lowest BCUT2D eigenvalue weighted by atomic mass is 9.98. The summed E-state index contributed by atoms with van der Waals surface area (Å²) in [6.45, 7) is -0.288. The molecule has 1 fully saturated rings. The van der Waals surface area contributed by atoms with Crippen molar-refractivity contribution >= 4 is 10.1 Å². The quantitative estimate of drug-likeness (QED) is 0.104. The van der Waals surface area contributed by atoms with E-state index >= 15 is 0 Å². The summed E-state index contributed by atoms with van der Waals surface area (Å²) in [5.41, 5.74) is -2.66. The van der Waals surface area contributed by atoms with Crippen molar-refractivity contribution in [2.45, 2.75) is 62.6 Å². The first-order chi connectivity index (χ1) is 22.7. The van der Waals surface area contributed by atoms with Crippen LogP contribution in [0.3, 0.4) is 0 Å². The molecule has 0 N–H and O–H groups in total. The molecule has 1 aliphatic heterocycles. The molecule has 1 saturated heterocycles. The zero-order valence-electron chi connectivity index (χ0n) is 25.3. The third kappa shape index (κ3) is 9.94. The zero-order chi connectivity index (χ0) is 33.1. The predicted octanol–water partition coefficient (Wildman–Crippen LogP) is 6.55. The second-order valence-corrected chi connectivity index (χ2v) is 12.4. The number of hydrogen-bond donors (Lipinski definition) is 0. The molecule has 4 aromatic rings. The van der Waals surface area contributed by atoms with Crippen molar-refractivity contribution in [2.75, 3.05) is 6.61 Å². The Balaban J connectivity index is 1.49. The van der Waals surface area contributed by atoms with Gasteiger partial charge in [0.2, 0.25) is 0 Å². The van der Waals surface area contributed by atoms with Crippen LogP contribution < -0.4 is 0 Å². The molecule has 8 nitrogen and oxygen atoms in total. The smallest absolute Gasteiger partial charge is 0.374 e. The number of halogens is 3. The minimum atomic E-state index is -6.10. The average molecular weight is 673 g/mol. The fraction of sp³-hybridized carbons (Fsp3) is 0.314. The summed E-state index contributed by atoms with van der Waals surface area (Å²) < 4.78 is 102. The molecule has 0 aromatic heterocycles. The Bertz CT molecular complexity index is 1590. The molecule has 0 bridgehead atoms. The molecule has 0 unspecified atom stereocenters. The van der Waals surface area contributed by atoms with Crippen LogP contribution in [0, 0.1) is 0 Å². The second kappa shape index (κ2) is 16.5. The highest BCUT2D eigenvalue weighted by molar-refractivity contribution is 7.87. The number of ether oxygens (including phenoxy) is 5. The zero-order valence-corrected chi connectivity index (χ0v) is 26.1. The first-order valence-corrected chi connectivity index (χ1v) is 16.3. The predicted molar refractivity (Wildman–Crippen MR) is 166 cm³/mol. The summed E-state index contributed by atoms with van der Waals surface area (Å²) >= 11 is 0. The summed E-state index contributed by atoms with van der Waals surface area (Å²) in [6, 6.07) is 36.3. The minimum absolute atomic E-state index is 0.000818. The number of hydrogen-bond acceptors (Lipinski definition) is 8. The van der Waals surface area contributed by atoms with Crippen LogP contribution in [0.4, 0.5) is 13.2 Å². The van der Waals surface area contributed by atoms with Crippen LogP contribution in [-0.4, -0.2) is 51.2 Å². The van der Waals surface area contributed by atoms with Gasteiger partial charge < -0.3 is 23.7 Å². The summed E-state index contributed by atoms with van der Waals surface area (Å²) in [5.74, 6) is 0. The van der Waals surface area contributed by atoms with Gasteiger partial charge in [-0.2, -0.15) is 21.6 Å². The summed E-state index contributed by atoms with van der Waals surface area (Å²) in [4.78, 5) is 0. The fourth-order valence-corrected chi connectivity index (χ4v) is 5.62. The Morgan fingerprint density at radius 1 is 0.553 bits per heavy atom. The van der Waals surface area contributed by atoms with Crippen LogP contribution >= 0.6 is 0 Å². The molecule has 0 aliphatic carbocycles. The van der Waals surface area contributed by atoms with E-state index in [2.05, 4.69) is 0 Å². The molecule has 47 heavy (non-hydrogen) atoms. The van der Waals surface area contributed by atoms with E-state index in [9.17, 15) is 21.6 Å². The molecule has 1 heterocycles. The molecular formula is C35H35F3O8S. The van der Waals surface area contributed by atoms with Crippen molar-refractivity contribution in [3.05, 3.63) is 144 Å². The molecule has 5 rings (SSSR count). The summed E-state index contributed by atoms with van der Waals surface area (Å²) in [5, 5.41) is 0. The van der Waals surface area contributed by atoms with E-state index in [1.54, 1.807) is 30.3 Å². The number of alkyl halides is 3. The van der Waals surface area contributed by atoms with Gasteiger partial charge in [-0.3, -0.25) is 4.18 Å². The van der Waals surface area contributed by atoms with Crippen LogP contribution in [0.25, 0.3) is 0 Å². The van der Waals surface area contributed by atoms with E-state index in [0.29, 0.717) is 5.56 Å². The topological polar surface area (TPSA) is 89.5 Å². The van der Waals surface area contributed by atoms with Crippen LogP contribution in [-0.2, 0) is 64.4 Å². The maximum Gasteiger partial charge on any atom is 0.523 e. The van der Waals surface area contributed by atoms with Crippen molar-refractivity contribution in [3.63, 3.8) is 0 Å². The van der Waals surface area contributed by atoms with E-state index in [1.165, 1.54) is 0 Å². The SMILES string of the molecule is O=S(=O)(O[C@@H]1[C@H](OCc2ccccc2)[C@@H](OCc2ccccc2)[C@H](OCc2ccccc2)O[C@@H]1COCc1ccccc1)C(F)(F)F. The van der Waals surface area contributed by atoms with E-state index in [0.717, 1.165) is 16.7 Å². The van der Waals surface area contributed by atoms with Gasteiger partial charge >= 0.3 is 15.6 Å². The van der Waals surface area contributed by atoms with Crippen LogP contribution in [0.1, 0.15) is 22.3 Å².